The topological polar surface area (TPSA) is 143 Å². The molecule has 0 aromatic carbocycles. The first kappa shape index (κ1) is 24.2. The van der Waals surface area contributed by atoms with E-state index in [2.05, 4.69) is 11.7 Å². The largest absolute Gasteiger partial charge is 0.465 e. The molecule has 10 heteroatoms. The minimum Gasteiger partial charge on any atom is -0.465 e. The summed E-state index contributed by atoms with van der Waals surface area (Å²) in [7, 11) is 0. The molecule has 26 heavy (non-hydrogen) atoms. The number of rotatable bonds is 11. The number of esters is 3. The van der Waals surface area contributed by atoms with Gasteiger partial charge >= 0.3 is 17.9 Å². The standard InChI is InChI=1S/C16H27NO7.H4N2/c1-13(18)21-10-7-17(8-11-22-14(2)19)6-5-16(20)24-12-15-4-3-9-23-15;1-2/h15H,3-12H2,1-2H3;1-2H2. The fraction of sp³-hybridized carbons (Fsp3) is 0.812. The van der Waals surface area contributed by atoms with Crippen molar-refractivity contribution >= 4 is 17.9 Å². The molecule has 1 saturated heterocycles. The third-order valence-corrected chi connectivity index (χ3v) is 3.51. The Labute approximate surface area is 154 Å². The van der Waals surface area contributed by atoms with Gasteiger partial charge in [-0.2, -0.15) is 0 Å². The summed E-state index contributed by atoms with van der Waals surface area (Å²) in [5.74, 6) is 6.99. The summed E-state index contributed by atoms with van der Waals surface area (Å²) >= 11 is 0. The van der Waals surface area contributed by atoms with Crippen molar-refractivity contribution < 1.29 is 33.3 Å². The van der Waals surface area contributed by atoms with Gasteiger partial charge in [-0.3, -0.25) is 31.0 Å². The van der Waals surface area contributed by atoms with Crippen molar-refractivity contribution in [2.75, 3.05) is 46.1 Å². The Balaban J connectivity index is 0.00000301. The van der Waals surface area contributed by atoms with Crippen LogP contribution in [-0.4, -0.2) is 75.0 Å². The Morgan fingerprint density at radius 2 is 1.58 bits per heavy atom. The van der Waals surface area contributed by atoms with Gasteiger partial charge in [0.2, 0.25) is 0 Å². The van der Waals surface area contributed by atoms with E-state index in [1.165, 1.54) is 13.8 Å². The quantitative estimate of drug-likeness (QED) is 0.206. The van der Waals surface area contributed by atoms with Crippen molar-refractivity contribution in [1.82, 2.24) is 4.90 Å². The van der Waals surface area contributed by atoms with Crippen molar-refractivity contribution in [2.45, 2.75) is 39.2 Å². The first-order chi connectivity index (χ1) is 12.5. The Morgan fingerprint density at radius 3 is 2.04 bits per heavy atom. The first-order valence-electron chi connectivity index (χ1n) is 8.57. The van der Waals surface area contributed by atoms with Crippen LogP contribution in [0.3, 0.4) is 0 Å². The van der Waals surface area contributed by atoms with Crippen LogP contribution in [0.4, 0.5) is 0 Å². The van der Waals surface area contributed by atoms with Gasteiger partial charge in [-0.05, 0) is 12.8 Å². The molecule has 4 N–H and O–H groups in total. The second-order valence-electron chi connectivity index (χ2n) is 5.59. The molecule has 0 amide bonds. The van der Waals surface area contributed by atoms with Crippen LogP contribution in [0.25, 0.3) is 0 Å². The highest BCUT2D eigenvalue weighted by molar-refractivity contribution is 5.69. The molecule has 0 aromatic heterocycles. The minimum absolute atomic E-state index is 0.0120. The molecule has 1 fully saturated rings. The molecule has 0 bridgehead atoms. The van der Waals surface area contributed by atoms with Gasteiger partial charge in [0.25, 0.3) is 0 Å². The van der Waals surface area contributed by atoms with Crippen LogP contribution in [0.2, 0.25) is 0 Å². The van der Waals surface area contributed by atoms with E-state index >= 15 is 0 Å². The van der Waals surface area contributed by atoms with E-state index in [1.54, 1.807) is 0 Å². The zero-order chi connectivity index (χ0) is 19.8. The Bertz CT molecular complexity index is 395. The summed E-state index contributed by atoms with van der Waals surface area (Å²) in [5.41, 5.74) is 0. The summed E-state index contributed by atoms with van der Waals surface area (Å²) in [6, 6.07) is 0. The lowest BCUT2D eigenvalue weighted by Crippen LogP contribution is -2.34. The number of hydrazine groups is 1. The Hall–Kier alpha value is -1.75. The van der Waals surface area contributed by atoms with E-state index in [0.29, 0.717) is 26.2 Å². The first-order valence-corrected chi connectivity index (χ1v) is 8.57. The fourth-order valence-electron chi connectivity index (χ4n) is 2.26. The molecule has 0 spiro atoms. The molecule has 1 heterocycles. The number of carbonyl (C=O) groups is 3. The van der Waals surface area contributed by atoms with Gasteiger partial charge in [-0.1, -0.05) is 0 Å². The van der Waals surface area contributed by atoms with Crippen LogP contribution in [0, 0.1) is 0 Å². The lowest BCUT2D eigenvalue weighted by molar-refractivity contribution is -0.148. The average Bonchev–Trinajstić information content (AvgIpc) is 3.12. The van der Waals surface area contributed by atoms with Crippen molar-refractivity contribution in [3.05, 3.63) is 0 Å². The summed E-state index contributed by atoms with van der Waals surface area (Å²) in [6.45, 7) is 5.49. The zero-order valence-corrected chi connectivity index (χ0v) is 15.6. The molecular formula is C16H31N3O7. The third kappa shape index (κ3) is 13.5. The number of nitrogens with zero attached hydrogens (tertiary/aromatic N) is 1. The molecule has 152 valence electrons. The summed E-state index contributed by atoms with van der Waals surface area (Å²) in [6.07, 6.45) is 2.15. The molecule has 1 rings (SSSR count). The molecular weight excluding hydrogens is 346 g/mol. The highest BCUT2D eigenvalue weighted by Crippen LogP contribution is 2.12. The highest BCUT2D eigenvalue weighted by Gasteiger charge is 2.18. The second-order valence-corrected chi connectivity index (χ2v) is 5.59. The number of hydrogen-bond acceptors (Lipinski definition) is 10. The molecule has 1 aliphatic rings. The maximum atomic E-state index is 11.8. The van der Waals surface area contributed by atoms with Crippen LogP contribution in [0.1, 0.15) is 33.1 Å². The van der Waals surface area contributed by atoms with Crippen LogP contribution >= 0.6 is 0 Å². The minimum atomic E-state index is -0.356. The summed E-state index contributed by atoms with van der Waals surface area (Å²) in [4.78, 5) is 35.3. The number of ether oxygens (including phenoxy) is 4. The lowest BCUT2D eigenvalue weighted by atomic mass is 10.2. The van der Waals surface area contributed by atoms with Gasteiger partial charge in [-0.25, -0.2) is 0 Å². The van der Waals surface area contributed by atoms with E-state index < -0.39 is 0 Å². The van der Waals surface area contributed by atoms with Gasteiger partial charge in [0, 0.05) is 40.1 Å². The maximum Gasteiger partial charge on any atom is 0.307 e. The fourth-order valence-corrected chi connectivity index (χ4v) is 2.26. The van der Waals surface area contributed by atoms with Crippen LogP contribution in [0.15, 0.2) is 0 Å². The summed E-state index contributed by atoms with van der Waals surface area (Å²) < 4.78 is 20.4. The molecule has 0 aromatic rings. The van der Waals surface area contributed by atoms with Gasteiger partial charge in [-0.15, -0.1) is 0 Å². The van der Waals surface area contributed by atoms with Gasteiger partial charge < -0.3 is 18.9 Å². The summed E-state index contributed by atoms with van der Waals surface area (Å²) in [5, 5.41) is 0. The van der Waals surface area contributed by atoms with Crippen LogP contribution in [-0.2, 0) is 33.3 Å². The smallest absolute Gasteiger partial charge is 0.307 e. The monoisotopic (exact) mass is 377 g/mol. The predicted octanol–water partition coefficient (Wildman–Crippen LogP) is -0.654. The van der Waals surface area contributed by atoms with Gasteiger partial charge in [0.1, 0.15) is 19.8 Å². The normalized spacial score (nSPS) is 15.8. The number of nitrogens with two attached hydrogens (primary N) is 2. The molecule has 1 atom stereocenters. The Kier molecular flexibility index (Phi) is 14.5. The zero-order valence-electron chi connectivity index (χ0n) is 15.6. The van der Waals surface area contributed by atoms with Crippen molar-refractivity contribution in [3.63, 3.8) is 0 Å². The molecule has 1 aliphatic heterocycles. The van der Waals surface area contributed by atoms with E-state index in [4.69, 9.17) is 18.9 Å². The SMILES string of the molecule is CC(=O)OCCN(CCOC(C)=O)CCC(=O)OCC1CCCO1.NN. The highest BCUT2D eigenvalue weighted by atomic mass is 16.6. The van der Waals surface area contributed by atoms with E-state index in [0.717, 1.165) is 19.4 Å². The molecule has 0 radical (unpaired) electrons. The average molecular weight is 377 g/mol. The molecule has 0 aliphatic carbocycles. The predicted molar refractivity (Wildman–Crippen MR) is 92.6 cm³/mol. The van der Waals surface area contributed by atoms with Gasteiger partial charge in [0.05, 0.1) is 12.5 Å². The van der Waals surface area contributed by atoms with E-state index in [9.17, 15) is 14.4 Å². The maximum absolute atomic E-state index is 11.8. The molecule has 1 unspecified atom stereocenters. The second kappa shape index (κ2) is 15.5. The van der Waals surface area contributed by atoms with Crippen molar-refractivity contribution in [3.8, 4) is 0 Å². The third-order valence-electron chi connectivity index (χ3n) is 3.51. The Morgan fingerprint density at radius 1 is 1.00 bits per heavy atom. The van der Waals surface area contributed by atoms with Gasteiger partial charge in [0.15, 0.2) is 0 Å². The molecule has 10 nitrogen and oxygen atoms in total. The van der Waals surface area contributed by atoms with Crippen molar-refractivity contribution in [2.24, 2.45) is 11.7 Å². The van der Waals surface area contributed by atoms with Crippen molar-refractivity contribution in [1.29, 1.82) is 0 Å². The number of hydrogen-bond donors (Lipinski definition) is 2. The van der Waals surface area contributed by atoms with E-state index in [1.807, 2.05) is 4.90 Å². The number of carbonyl (C=O) groups excluding carboxylic acids is 3. The molecule has 0 saturated carbocycles. The van der Waals surface area contributed by atoms with Crippen LogP contribution < -0.4 is 11.7 Å². The van der Waals surface area contributed by atoms with E-state index in [-0.39, 0.29) is 43.6 Å². The lowest BCUT2D eigenvalue weighted by Gasteiger charge is -2.21. The van der Waals surface area contributed by atoms with Crippen LogP contribution in [0.5, 0.6) is 0 Å².